The third-order valence-electron chi connectivity index (χ3n) is 6.74. The molecular weight excluding hydrogens is 326 g/mol. The molecule has 0 bridgehead atoms. The Balaban J connectivity index is 1.39. The van der Waals surface area contributed by atoms with E-state index < -0.39 is 0 Å². The molecule has 2 aromatic rings. The molecule has 0 nitrogen and oxygen atoms in total. The molecule has 0 saturated heterocycles. The molecule has 0 spiro atoms. The summed E-state index contributed by atoms with van der Waals surface area (Å²) in [5.74, 6) is 3.21. The quantitative estimate of drug-likeness (QED) is 0.557. The number of hydrogen-bond donors (Lipinski definition) is 0. The zero-order chi connectivity index (χ0) is 17.2. The molecule has 2 aliphatic rings. The third-order valence-corrected chi connectivity index (χ3v) is 7.66. The molecule has 0 aliphatic heterocycles. The van der Waals surface area contributed by atoms with Gasteiger partial charge in [0.05, 0.1) is 0 Å². The van der Waals surface area contributed by atoms with Crippen molar-refractivity contribution in [2.45, 2.75) is 63.1 Å². The minimum atomic E-state index is 0.000779. The van der Waals surface area contributed by atoms with Crippen LogP contribution < -0.4 is 0 Å². The van der Waals surface area contributed by atoms with Crippen LogP contribution in [-0.4, -0.2) is 7.85 Å². The van der Waals surface area contributed by atoms with Gasteiger partial charge in [-0.05, 0) is 72.1 Å². The largest absolute Gasteiger partial charge is 0.207 e. The van der Waals surface area contributed by atoms with Crippen molar-refractivity contribution in [1.29, 1.82) is 0 Å². The Morgan fingerprint density at radius 1 is 0.880 bits per heavy atom. The van der Waals surface area contributed by atoms with Crippen molar-refractivity contribution in [2.24, 2.45) is 11.8 Å². The summed E-state index contributed by atoms with van der Waals surface area (Å²) in [7, 11) is 2.40. The third kappa shape index (κ3) is 3.87. The topological polar surface area (TPSA) is 0 Å². The molecule has 1 aromatic heterocycles. The van der Waals surface area contributed by atoms with Crippen LogP contribution >= 0.6 is 11.3 Å². The Hall–Kier alpha value is -1.09. The van der Waals surface area contributed by atoms with E-state index in [1.807, 2.05) is 6.07 Å². The summed E-state index contributed by atoms with van der Waals surface area (Å²) < 4.78 is 14.7. The van der Waals surface area contributed by atoms with Crippen molar-refractivity contribution in [3.05, 3.63) is 47.1 Å². The van der Waals surface area contributed by atoms with E-state index in [9.17, 15) is 4.39 Å². The van der Waals surface area contributed by atoms with Gasteiger partial charge in [0.25, 0.3) is 0 Å². The van der Waals surface area contributed by atoms with E-state index in [-0.39, 0.29) is 5.82 Å². The zero-order valence-electron chi connectivity index (χ0n) is 15.2. The fourth-order valence-electron chi connectivity index (χ4n) is 5.11. The molecule has 0 unspecified atom stereocenters. The van der Waals surface area contributed by atoms with Gasteiger partial charge < -0.3 is 0 Å². The first-order valence-corrected chi connectivity index (χ1v) is 10.9. The van der Waals surface area contributed by atoms with Gasteiger partial charge in [0.15, 0.2) is 0 Å². The lowest BCUT2D eigenvalue weighted by molar-refractivity contribution is 0.185. The molecule has 2 saturated carbocycles. The van der Waals surface area contributed by atoms with Crippen LogP contribution in [0.15, 0.2) is 35.7 Å². The van der Waals surface area contributed by atoms with E-state index in [0.29, 0.717) is 5.92 Å². The van der Waals surface area contributed by atoms with Crippen LogP contribution in [0.3, 0.4) is 0 Å². The zero-order valence-corrected chi connectivity index (χ0v) is 16.0. The van der Waals surface area contributed by atoms with Gasteiger partial charge in [0.2, 0.25) is 0 Å². The Morgan fingerprint density at radius 3 is 2.16 bits per heavy atom. The van der Waals surface area contributed by atoms with Crippen molar-refractivity contribution in [2.75, 3.05) is 0 Å². The summed E-state index contributed by atoms with van der Waals surface area (Å²) in [4.78, 5) is 1.15. The summed E-state index contributed by atoms with van der Waals surface area (Å²) in [6.07, 6.45) is 10.6. The number of halogens is 1. The molecule has 1 heterocycles. The molecule has 0 amide bonds. The van der Waals surface area contributed by atoms with Gasteiger partial charge in [-0.1, -0.05) is 49.7 Å². The summed E-state index contributed by atoms with van der Waals surface area (Å²) in [5.41, 5.74) is 1.97. The van der Waals surface area contributed by atoms with Crippen molar-refractivity contribution >= 4 is 19.2 Å². The standard InChI is InChI=1S/C22H28BFS/c23-19-10-7-16(8-11-19)15-3-5-17(6-4-15)20-12-9-18(14-21(20)24)22-2-1-13-25-22/h1-2,9,12-17,19H,3-8,10-11,23H2. The normalized spacial score (nSPS) is 30.3. The van der Waals surface area contributed by atoms with E-state index in [0.717, 1.165) is 33.7 Å². The molecular formula is C22H28BFS. The maximum atomic E-state index is 14.7. The van der Waals surface area contributed by atoms with E-state index in [1.165, 1.54) is 51.4 Å². The SMILES string of the molecule is BC1CCC(C2CCC(c3ccc(-c4cccs4)cc3F)CC2)CC1. The van der Waals surface area contributed by atoms with Crippen molar-refractivity contribution in [3.8, 4) is 10.4 Å². The second-order valence-electron chi connectivity index (χ2n) is 8.35. The molecule has 4 rings (SSSR count). The van der Waals surface area contributed by atoms with Crippen LogP contribution in [0.1, 0.15) is 62.8 Å². The van der Waals surface area contributed by atoms with Crippen molar-refractivity contribution in [3.63, 3.8) is 0 Å². The molecule has 0 atom stereocenters. The maximum absolute atomic E-state index is 14.7. The van der Waals surface area contributed by atoms with E-state index >= 15 is 0 Å². The predicted octanol–water partition coefficient (Wildman–Crippen LogP) is 6.44. The van der Waals surface area contributed by atoms with Gasteiger partial charge >= 0.3 is 0 Å². The maximum Gasteiger partial charge on any atom is 0.127 e. The predicted molar refractivity (Wildman–Crippen MR) is 109 cm³/mol. The van der Waals surface area contributed by atoms with Gasteiger partial charge in [0.1, 0.15) is 13.7 Å². The second kappa shape index (κ2) is 7.66. The van der Waals surface area contributed by atoms with Gasteiger partial charge in [0, 0.05) is 4.88 Å². The van der Waals surface area contributed by atoms with E-state index in [4.69, 9.17) is 0 Å². The fourth-order valence-corrected chi connectivity index (χ4v) is 5.84. The van der Waals surface area contributed by atoms with Crippen LogP contribution in [0.2, 0.25) is 5.82 Å². The van der Waals surface area contributed by atoms with Crippen LogP contribution in [0.5, 0.6) is 0 Å². The number of thiophene rings is 1. The summed E-state index contributed by atoms with van der Waals surface area (Å²) >= 11 is 1.68. The van der Waals surface area contributed by atoms with Crippen LogP contribution in [0.25, 0.3) is 10.4 Å². The van der Waals surface area contributed by atoms with Crippen LogP contribution in [-0.2, 0) is 0 Å². The van der Waals surface area contributed by atoms with E-state index in [2.05, 4.69) is 31.4 Å². The second-order valence-corrected chi connectivity index (χ2v) is 9.29. The molecule has 1 aromatic carbocycles. The summed E-state index contributed by atoms with van der Waals surface area (Å²) in [6, 6.07) is 10.0. The van der Waals surface area contributed by atoms with Gasteiger partial charge in [-0.25, -0.2) is 4.39 Å². The van der Waals surface area contributed by atoms with Crippen molar-refractivity contribution < 1.29 is 4.39 Å². The number of rotatable bonds is 3. The van der Waals surface area contributed by atoms with Gasteiger partial charge in [-0.15, -0.1) is 11.3 Å². The van der Waals surface area contributed by atoms with Gasteiger partial charge in [-0.2, -0.15) is 0 Å². The fraction of sp³-hybridized carbons (Fsp3) is 0.545. The summed E-state index contributed by atoms with van der Waals surface area (Å²) in [5, 5.41) is 2.05. The molecule has 2 aliphatic carbocycles. The Labute approximate surface area is 156 Å². The number of hydrogen-bond acceptors (Lipinski definition) is 1. The molecule has 0 N–H and O–H groups in total. The summed E-state index contributed by atoms with van der Waals surface area (Å²) in [6.45, 7) is 0. The van der Waals surface area contributed by atoms with Crippen LogP contribution in [0, 0.1) is 17.7 Å². The highest BCUT2D eigenvalue weighted by Gasteiger charge is 2.31. The Morgan fingerprint density at radius 2 is 1.56 bits per heavy atom. The molecule has 2 fully saturated rings. The van der Waals surface area contributed by atoms with Gasteiger partial charge in [-0.3, -0.25) is 0 Å². The molecule has 0 radical (unpaired) electrons. The highest BCUT2D eigenvalue weighted by atomic mass is 32.1. The molecule has 25 heavy (non-hydrogen) atoms. The lowest BCUT2D eigenvalue weighted by atomic mass is 9.65. The minimum Gasteiger partial charge on any atom is -0.207 e. The number of benzene rings is 1. The molecule has 3 heteroatoms. The van der Waals surface area contributed by atoms with E-state index in [1.54, 1.807) is 17.4 Å². The highest BCUT2D eigenvalue weighted by molar-refractivity contribution is 7.13. The molecule has 132 valence electrons. The average Bonchev–Trinajstić information content (AvgIpc) is 3.17. The average molecular weight is 354 g/mol. The first kappa shape index (κ1) is 17.3. The Bertz CT molecular complexity index is 680. The lowest BCUT2D eigenvalue weighted by Crippen LogP contribution is -2.24. The first-order chi connectivity index (χ1) is 12.2. The first-order valence-electron chi connectivity index (χ1n) is 10.0. The smallest absolute Gasteiger partial charge is 0.127 e. The van der Waals surface area contributed by atoms with Crippen molar-refractivity contribution in [1.82, 2.24) is 0 Å². The highest BCUT2D eigenvalue weighted by Crippen LogP contribution is 2.45. The lowest BCUT2D eigenvalue weighted by Gasteiger charge is -2.37. The minimum absolute atomic E-state index is 0.000779. The van der Waals surface area contributed by atoms with Crippen LogP contribution in [0.4, 0.5) is 4.39 Å². The monoisotopic (exact) mass is 354 g/mol. The Kier molecular flexibility index (Phi) is 5.31.